The van der Waals surface area contributed by atoms with E-state index in [1.54, 1.807) is 0 Å². The summed E-state index contributed by atoms with van der Waals surface area (Å²) in [5.41, 5.74) is -0.243. The Morgan fingerprint density at radius 3 is 2.74 bits per heavy atom. The predicted molar refractivity (Wildman–Crippen MR) is 66.2 cm³/mol. The van der Waals surface area contributed by atoms with Crippen LogP contribution in [-0.2, 0) is 13.6 Å². The van der Waals surface area contributed by atoms with Gasteiger partial charge in [-0.05, 0) is 23.8 Å². The maximum atomic E-state index is 13.2. The van der Waals surface area contributed by atoms with Crippen molar-refractivity contribution in [3.63, 3.8) is 0 Å². The Labute approximate surface area is 107 Å². The third kappa shape index (κ3) is 2.45. The van der Waals surface area contributed by atoms with Crippen molar-refractivity contribution < 1.29 is 4.39 Å². The zero-order valence-corrected chi connectivity index (χ0v) is 10.1. The van der Waals surface area contributed by atoms with E-state index in [0.717, 1.165) is 4.57 Å². The summed E-state index contributed by atoms with van der Waals surface area (Å²) < 4.78 is 15.4. The summed E-state index contributed by atoms with van der Waals surface area (Å²) in [4.78, 5) is 23.1. The highest BCUT2D eigenvalue weighted by atomic mass is 19.1. The van der Waals surface area contributed by atoms with Gasteiger partial charge in [-0.3, -0.25) is 13.9 Å². The van der Waals surface area contributed by atoms with Gasteiger partial charge in [0.25, 0.3) is 5.56 Å². The molecule has 1 aromatic carbocycles. The van der Waals surface area contributed by atoms with Crippen LogP contribution in [0.4, 0.5) is 4.39 Å². The Bertz CT molecular complexity index is 784. The maximum Gasteiger partial charge on any atom is 0.331 e. The molecule has 0 saturated carbocycles. The van der Waals surface area contributed by atoms with Crippen LogP contribution in [0.25, 0.3) is 0 Å². The first-order valence-corrected chi connectivity index (χ1v) is 5.48. The summed E-state index contributed by atoms with van der Waals surface area (Å²) in [6, 6.07) is 6.93. The van der Waals surface area contributed by atoms with Gasteiger partial charge in [-0.2, -0.15) is 5.26 Å². The zero-order chi connectivity index (χ0) is 14.0. The Hall–Kier alpha value is -2.68. The molecule has 2 rings (SSSR count). The highest BCUT2D eigenvalue weighted by molar-refractivity contribution is 5.37. The van der Waals surface area contributed by atoms with E-state index < -0.39 is 17.1 Å². The topological polar surface area (TPSA) is 67.8 Å². The minimum absolute atomic E-state index is 0.0353. The van der Waals surface area contributed by atoms with E-state index in [2.05, 4.69) is 0 Å². The minimum atomic E-state index is -0.513. The molecule has 0 aliphatic heterocycles. The van der Waals surface area contributed by atoms with E-state index in [-0.39, 0.29) is 6.54 Å². The highest BCUT2D eigenvalue weighted by Crippen LogP contribution is 2.11. The molecule has 0 aliphatic rings. The van der Waals surface area contributed by atoms with Crippen molar-refractivity contribution in [3.05, 3.63) is 68.2 Å². The SMILES string of the molecule is Cn1c(=O)ccn(Cc2cc(F)ccc2C#N)c1=O. The van der Waals surface area contributed by atoms with Crippen LogP contribution in [0.15, 0.2) is 40.1 Å². The van der Waals surface area contributed by atoms with E-state index in [9.17, 15) is 14.0 Å². The van der Waals surface area contributed by atoms with Crippen LogP contribution >= 0.6 is 0 Å². The summed E-state index contributed by atoms with van der Waals surface area (Å²) >= 11 is 0. The summed E-state index contributed by atoms with van der Waals surface area (Å²) in [5.74, 6) is -0.480. The van der Waals surface area contributed by atoms with Gasteiger partial charge < -0.3 is 0 Å². The lowest BCUT2D eigenvalue weighted by molar-refractivity contribution is 0.615. The molecule has 6 heteroatoms. The lowest BCUT2D eigenvalue weighted by Crippen LogP contribution is -2.37. The van der Waals surface area contributed by atoms with E-state index in [1.807, 2.05) is 6.07 Å². The van der Waals surface area contributed by atoms with Crippen LogP contribution in [0.2, 0.25) is 0 Å². The molecule has 1 aromatic heterocycles. The molecule has 96 valence electrons. The smallest absolute Gasteiger partial charge is 0.296 e. The third-order valence-electron chi connectivity index (χ3n) is 2.79. The number of hydrogen-bond donors (Lipinski definition) is 0. The van der Waals surface area contributed by atoms with E-state index in [1.165, 1.54) is 42.1 Å². The Morgan fingerprint density at radius 1 is 1.32 bits per heavy atom. The standard InChI is InChI=1S/C13H10FN3O2/c1-16-12(18)4-5-17(13(16)19)8-10-6-11(14)3-2-9(10)7-15/h2-6H,8H2,1H3. The zero-order valence-electron chi connectivity index (χ0n) is 10.1. The van der Waals surface area contributed by atoms with Gasteiger partial charge >= 0.3 is 5.69 Å². The van der Waals surface area contributed by atoms with Crippen molar-refractivity contribution in [2.45, 2.75) is 6.54 Å². The van der Waals surface area contributed by atoms with Crippen LogP contribution in [-0.4, -0.2) is 9.13 Å². The van der Waals surface area contributed by atoms with Gasteiger partial charge in [-0.15, -0.1) is 0 Å². The molecular weight excluding hydrogens is 249 g/mol. The second kappa shape index (κ2) is 4.90. The van der Waals surface area contributed by atoms with E-state index in [4.69, 9.17) is 5.26 Å². The van der Waals surface area contributed by atoms with Gasteiger partial charge in [0.2, 0.25) is 0 Å². The second-order valence-electron chi connectivity index (χ2n) is 4.04. The lowest BCUT2D eigenvalue weighted by Gasteiger charge is -2.08. The van der Waals surface area contributed by atoms with Crippen molar-refractivity contribution in [1.29, 1.82) is 5.26 Å². The largest absolute Gasteiger partial charge is 0.331 e. The molecule has 0 radical (unpaired) electrons. The fourth-order valence-electron chi connectivity index (χ4n) is 1.72. The average molecular weight is 259 g/mol. The molecular formula is C13H10FN3O2. The molecule has 0 fully saturated rings. The Morgan fingerprint density at radius 2 is 2.05 bits per heavy atom. The predicted octanol–water partition coefficient (Wildman–Crippen LogP) is 0.606. The summed E-state index contributed by atoms with van der Waals surface area (Å²) in [6.07, 6.45) is 1.33. The van der Waals surface area contributed by atoms with Crippen molar-refractivity contribution in [2.24, 2.45) is 7.05 Å². The van der Waals surface area contributed by atoms with Crippen LogP contribution in [0, 0.1) is 17.1 Å². The number of hydrogen-bond acceptors (Lipinski definition) is 3. The van der Waals surface area contributed by atoms with Gasteiger partial charge in [0, 0.05) is 19.3 Å². The molecule has 0 bridgehead atoms. The molecule has 5 nitrogen and oxygen atoms in total. The molecule has 0 amide bonds. The number of benzene rings is 1. The molecule has 1 heterocycles. The van der Waals surface area contributed by atoms with Crippen molar-refractivity contribution in [1.82, 2.24) is 9.13 Å². The number of aromatic nitrogens is 2. The number of rotatable bonds is 2. The normalized spacial score (nSPS) is 10.2. The molecule has 0 saturated heterocycles. The van der Waals surface area contributed by atoms with E-state index >= 15 is 0 Å². The summed E-state index contributed by atoms with van der Waals surface area (Å²) in [6.45, 7) is 0.0353. The summed E-state index contributed by atoms with van der Waals surface area (Å²) in [7, 11) is 1.36. The van der Waals surface area contributed by atoms with Crippen LogP contribution < -0.4 is 11.2 Å². The van der Waals surface area contributed by atoms with E-state index in [0.29, 0.717) is 11.1 Å². The molecule has 19 heavy (non-hydrogen) atoms. The van der Waals surface area contributed by atoms with Crippen LogP contribution in [0.3, 0.4) is 0 Å². The molecule has 0 N–H and O–H groups in total. The minimum Gasteiger partial charge on any atom is -0.296 e. The van der Waals surface area contributed by atoms with Gasteiger partial charge in [0.15, 0.2) is 0 Å². The number of nitrogens with zero attached hydrogens (tertiary/aromatic N) is 3. The Balaban J connectivity index is 2.51. The van der Waals surface area contributed by atoms with Crippen molar-refractivity contribution >= 4 is 0 Å². The van der Waals surface area contributed by atoms with Gasteiger partial charge in [-0.1, -0.05) is 0 Å². The van der Waals surface area contributed by atoms with Gasteiger partial charge in [-0.25, -0.2) is 9.18 Å². The molecule has 0 aliphatic carbocycles. The monoisotopic (exact) mass is 259 g/mol. The van der Waals surface area contributed by atoms with Crippen molar-refractivity contribution in [3.8, 4) is 6.07 Å². The Kier molecular flexibility index (Phi) is 3.29. The third-order valence-corrected chi connectivity index (χ3v) is 2.79. The quantitative estimate of drug-likeness (QED) is 0.793. The maximum absolute atomic E-state index is 13.2. The molecule has 0 atom stereocenters. The fraction of sp³-hybridized carbons (Fsp3) is 0.154. The first kappa shape index (κ1) is 12.8. The van der Waals surface area contributed by atoms with Gasteiger partial charge in [0.1, 0.15) is 5.82 Å². The lowest BCUT2D eigenvalue weighted by atomic mass is 10.1. The van der Waals surface area contributed by atoms with Crippen LogP contribution in [0.5, 0.6) is 0 Å². The van der Waals surface area contributed by atoms with Gasteiger partial charge in [0.05, 0.1) is 18.2 Å². The highest BCUT2D eigenvalue weighted by Gasteiger charge is 2.07. The molecule has 0 spiro atoms. The first-order chi connectivity index (χ1) is 9.02. The average Bonchev–Trinajstić information content (AvgIpc) is 2.40. The first-order valence-electron chi connectivity index (χ1n) is 5.48. The number of halogens is 1. The van der Waals surface area contributed by atoms with Crippen molar-refractivity contribution in [2.75, 3.05) is 0 Å². The molecule has 2 aromatic rings. The molecule has 0 unspecified atom stereocenters. The van der Waals surface area contributed by atoms with Crippen LogP contribution in [0.1, 0.15) is 11.1 Å². The summed E-state index contributed by atoms with van der Waals surface area (Å²) in [5, 5.41) is 8.94. The fourth-order valence-corrected chi connectivity index (χ4v) is 1.72. The second-order valence-corrected chi connectivity index (χ2v) is 4.04. The number of nitriles is 1.